The third-order valence-electron chi connectivity index (χ3n) is 8.52. The van der Waals surface area contributed by atoms with Gasteiger partial charge in [0.1, 0.15) is 0 Å². The number of nitrogens with one attached hydrogen (secondary N) is 1. The first-order chi connectivity index (χ1) is 20.9. The summed E-state index contributed by atoms with van der Waals surface area (Å²) in [7, 11) is 0. The Hall–Kier alpha value is -2.86. The molecule has 2 aromatic carbocycles. The van der Waals surface area contributed by atoms with Crippen molar-refractivity contribution >= 4 is 17.6 Å². The molecule has 3 aliphatic rings. The Morgan fingerprint density at radius 1 is 0.860 bits per heavy atom. The highest BCUT2D eigenvalue weighted by atomic mass is 16.7. The molecule has 0 unspecified atom stereocenters. The first-order valence-electron chi connectivity index (χ1n) is 15.5. The Balaban J connectivity index is 1.18. The number of hydrogen-bond acceptors (Lipinski definition) is 8. The van der Waals surface area contributed by atoms with Crippen LogP contribution < -0.4 is 5.32 Å². The van der Waals surface area contributed by atoms with Gasteiger partial charge >= 0.3 is 5.97 Å². The summed E-state index contributed by atoms with van der Waals surface area (Å²) in [5.41, 5.74) is 3.50. The normalized spacial score (nSPS) is 23.8. The van der Waals surface area contributed by atoms with Gasteiger partial charge in [-0.25, -0.2) is 0 Å². The predicted molar refractivity (Wildman–Crippen MR) is 159 cm³/mol. The van der Waals surface area contributed by atoms with E-state index in [4.69, 9.17) is 24.1 Å². The number of unbranched alkanes of at least 4 members (excludes halogenated alkanes) is 3. The summed E-state index contributed by atoms with van der Waals surface area (Å²) in [6.07, 6.45) is 5.24. The summed E-state index contributed by atoms with van der Waals surface area (Å²) >= 11 is 0. The number of carbonyl (C=O) groups is 2. The number of amides is 1. The summed E-state index contributed by atoms with van der Waals surface area (Å²) < 4.78 is 24.8. The van der Waals surface area contributed by atoms with Crippen molar-refractivity contribution in [3.63, 3.8) is 0 Å². The van der Waals surface area contributed by atoms with E-state index >= 15 is 0 Å². The van der Waals surface area contributed by atoms with Gasteiger partial charge < -0.3 is 39.4 Å². The summed E-state index contributed by atoms with van der Waals surface area (Å²) in [6, 6.07) is 15.5. The maximum absolute atomic E-state index is 12.4. The van der Waals surface area contributed by atoms with Crippen molar-refractivity contribution in [2.75, 3.05) is 38.2 Å². The molecule has 234 valence electrons. The predicted octanol–water partition coefficient (Wildman–Crippen LogP) is 4.93. The van der Waals surface area contributed by atoms with E-state index in [9.17, 15) is 14.7 Å². The number of aliphatic carboxylic acids is 1. The molecule has 3 aliphatic heterocycles. The molecule has 0 radical (unpaired) electrons. The fourth-order valence-electron chi connectivity index (χ4n) is 6.05. The lowest BCUT2D eigenvalue weighted by molar-refractivity contribution is -0.255. The van der Waals surface area contributed by atoms with Gasteiger partial charge in [-0.1, -0.05) is 49.2 Å². The van der Waals surface area contributed by atoms with Gasteiger partial charge in [-0.3, -0.25) is 9.59 Å². The van der Waals surface area contributed by atoms with Crippen LogP contribution in [0.1, 0.15) is 86.9 Å². The smallest absolute Gasteiger partial charge is 0.303 e. The maximum Gasteiger partial charge on any atom is 0.303 e. The molecule has 0 aliphatic carbocycles. The highest BCUT2D eigenvalue weighted by molar-refractivity contribution is 5.90. The van der Waals surface area contributed by atoms with Crippen molar-refractivity contribution in [1.82, 2.24) is 4.90 Å². The van der Waals surface area contributed by atoms with Gasteiger partial charge in [0.2, 0.25) is 5.91 Å². The van der Waals surface area contributed by atoms with E-state index in [-0.39, 0.29) is 31.1 Å². The minimum Gasteiger partial charge on any atom is -0.481 e. The molecule has 43 heavy (non-hydrogen) atoms. The maximum atomic E-state index is 12.4. The number of anilines is 1. The number of likely N-dealkylation sites (tertiary alicyclic amines) is 1. The third-order valence-corrected chi connectivity index (χ3v) is 8.52. The standard InChI is InChI=1S/C33H44N2O8/c36-23-24-7-9-25(10-8-24)29-21-28(22-35-17-15-33(16-18-35)40-19-20-41-33)42-32(43-29)26-11-13-27(14-12-26)34-30(37)5-3-1-2-4-6-31(38)39/h7-14,28-29,32,36H,1-6,15-23H2,(H,34,37)(H,38,39)/t28-,29+,32+/m1/s1. The van der Waals surface area contributed by atoms with Crippen molar-refractivity contribution in [3.05, 3.63) is 65.2 Å². The lowest BCUT2D eigenvalue weighted by Crippen LogP contribution is -2.48. The summed E-state index contributed by atoms with van der Waals surface area (Å²) in [6.45, 7) is 3.89. The Morgan fingerprint density at radius 3 is 2.16 bits per heavy atom. The molecule has 3 heterocycles. The quantitative estimate of drug-likeness (QED) is 0.276. The van der Waals surface area contributed by atoms with Crippen LogP contribution in [-0.4, -0.2) is 71.7 Å². The Morgan fingerprint density at radius 2 is 1.51 bits per heavy atom. The molecule has 10 nitrogen and oxygen atoms in total. The number of aliphatic hydroxyl groups excluding tert-OH is 1. The largest absolute Gasteiger partial charge is 0.481 e. The second kappa shape index (κ2) is 15.2. The first kappa shape index (κ1) is 31.6. The molecular weight excluding hydrogens is 552 g/mol. The number of nitrogens with zero attached hydrogens (tertiary/aromatic N) is 1. The molecule has 0 saturated carbocycles. The zero-order valence-corrected chi connectivity index (χ0v) is 24.7. The molecule has 5 rings (SSSR count). The molecular formula is C33H44N2O8. The number of rotatable bonds is 13. The van der Waals surface area contributed by atoms with Crippen molar-refractivity contribution in [2.24, 2.45) is 0 Å². The number of carbonyl (C=O) groups excluding carboxylic acids is 1. The van der Waals surface area contributed by atoms with Gasteiger partial charge in [-0.05, 0) is 36.1 Å². The highest BCUT2D eigenvalue weighted by Crippen LogP contribution is 2.39. The Labute approximate surface area is 253 Å². The van der Waals surface area contributed by atoms with Crippen molar-refractivity contribution in [2.45, 2.75) is 88.7 Å². The molecule has 2 aromatic rings. The zero-order valence-electron chi connectivity index (χ0n) is 24.7. The molecule has 3 fully saturated rings. The average Bonchev–Trinajstić information content (AvgIpc) is 3.48. The number of aliphatic hydroxyl groups is 1. The molecule has 1 amide bonds. The van der Waals surface area contributed by atoms with E-state index in [0.29, 0.717) is 38.2 Å². The van der Waals surface area contributed by atoms with E-state index in [0.717, 1.165) is 68.4 Å². The number of piperidine rings is 1. The lowest BCUT2D eigenvalue weighted by atomic mass is 9.98. The zero-order chi connectivity index (χ0) is 30.1. The van der Waals surface area contributed by atoms with Gasteiger partial charge in [-0.15, -0.1) is 0 Å². The number of carboxylic acid groups (broad SMARTS) is 1. The fraction of sp³-hybridized carbons (Fsp3) is 0.576. The second-order valence-electron chi connectivity index (χ2n) is 11.7. The Kier molecular flexibility index (Phi) is 11.2. The van der Waals surface area contributed by atoms with Crippen LogP contribution in [-0.2, 0) is 35.1 Å². The summed E-state index contributed by atoms with van der Waals surface area (Å²) in [4.78, 5) is 25.4. The minimum atomic E-state index is -0.780. The van der Waals surface area contributed by atoms with Crippen LogP contribution in [0.5, 0.6) is 0 Å². The van der Waals surface area contributed by atoms with Crippen LogP contribution in [0.4, 0.5) is 5.69 Å². The van der Waals surface area contributed by atoms with Crippen LogP contribution >= 0.6 is 0 Å². The molecule has 3 atom stereocenters. The molecule has 0 aromatic heterocycles. The molecule has 0 bridgehead atoms. The molecule has 3 N–H and O–H groups in total. The SMILES string of the molecule is O=C(O)CCCCCCC(=O)Nc1ccc([C@H]2O[C@@H](CN3CCC4(CC3)OCCO4)C[C@@H](c3ccc(CO)cc3)O2)cc1. The van der Waals surface area contributed by atoms with E-state index in [1.807, 2.05) is 48.5 Å². The highest BCUT2D eigenvalue weighted by Gasteiger charge is 2.41. The van der Waals surface area contributed by atoms with E-state index in [1.165, 1.54) is 0 Å². The van der Waals surface area contributed by atoms with Gasteiger partial charge in [-0.2, -0.15) is 0 Å². The van der Waals surface area contributed by atoms with Gasteiger partial charge in [0, 0.05) is 63.0 Å². The van der Waals surface area contributed by atoms with Gasteiger partial charge in [0.15, 0.2) is 12.1 Å². The molecule has 3 saturated heterocycles. The number of benzene rings is 2. The molecule has 10 heteroatoms. The first-order valence-corrected chi connectivity index (χ1v) is 15.5. The average molecular weight is 597 g/mol. The third kappa shape index (κ3) is 9.07. The van der Waals surface area contributed by atoms with Gasteiger partial charge in [0.25, 0.3) is 0 Å². The molecule has 1 spiro atoms. The van der Waals surface area contributed by atoms with E-state index in [1.54, 1.807) is 0 Å². The van der Waals surface area contributed by atoms with Crippen molar-refractivity contribution in [3.8, 4) is 0 Å². The fourth-order valence-corrected chi connectivity index (χ4v) is 6.05. The van der Waals surface area contributed by atoms with Crippen LogP contribution in [0.25, 0.3) is 0 Å². The van der Waals surface area contributed by atoms with Gasteiger partial charge in [0.05, 0.1) is 32.0 Å². The van der Waals surface area contributed by atoms with Crippen LogP contribution in [0, 0.1) is 0 Å². The Bertz CT molecular complexity index is 1170. The number of carboxylic acids is 1. The number of ether oxygens (including phenoxy) is 4. The number of hydrogen-bond donors (Lipinski definition) is 3. The van der Waals surface area contributed by atoms with E-state index < -0.39 is 18.0 Å². The van der Waals surface area contributed by atoms with Crippen molar-refractivity contribution < 1.29 is 38.7 Å². The lowest BCUT2D eigenvalue weighted by Gasteiger charge is -2.41. The van der Waals surface area contributed by atoms with Crippen LogP contribution in [0.2, 0.25) is 0 Å². The topological polar surface area (TPSA) is 127 Å². The summed E-state index contributed by atoms with van der Waals surface area (Å²) in [5, 5.41) is 21.2. The minimum absolute atomic E-state index is 0.000274. The monoisotopic (exact) mass is 596 g/mol. The van der Waals surface area contributed by atoms with E-state index in [2.05, 4.69) is 10.2 Å². The van der Waals surface area contributed by atoms with Crippen LogP contribution in [0.3, 0.4) is 0 Å². The van der Waals surface area contributed by atoms with Crippen molar-refractivity contribution in [1.29, 1.82) is 0 Å². The second-order valence-corrected chi connectivity index (χ2v) is 11.7. The summed E-state index contributed by atoms with van der Waals surface area (Å²) in [5.74, 6) is -1.25. The van der Waals surface area contributed by atoms with Crippen LogP contribution in [0.15, 0.2) is 48.5 Å².